The van der Waals surface area contributed by atoms with Crippen LogP contribution in [0, 0.1) is 0 Å². The molecule has 5 nitrogen and oxygen atoms in total. The third kappa shape index (κ3) is 4.46. The standard InChI is InChI=1S/C14H18N2O3/c1-4-6-7-8-13(17)15-11-9-12(16(3)10-11)14(18)19-5-2/h4,6-10H,5H2,1-3H3,(H,15,17)/b6-4+,8-7-. The Labute approximate surface area is 112 Å². The minimum atomic E-state index is -0.407. The number of rotatable bonds is 5. The Bertz CT molecular complexity index is 513. The van der Waals surface area contributed by atoms with Crippen molar-refractivity contribution < 1.29 is 14.3 Å². The van der Waals surface area contributed by atoms with Crippen LogP contribution in [0.3, 0.4) is 0 Å². The Morgan fingerprint density at radius 1 is 1.42 bits per heavy atom. The third-order valence-corrected chi connectivity index (χ3v) is 2.31. The number of aromatic nitrogens is 1. The highest BCUT2D eigenvalue weighted by Crippen LogP contribution is 2.13. The summed E-state index contributed by atoms with van der Waals surface area (Å²) in [4.78, 5) is 23.1. The summed E-state index contributed by atoms with van der Waals surface area (Å²) in [5.41, 5.74) is 0.954. The van der Waals surface area contributed by atoms with Crippen molar-refractivity contribution in [3.05, 3.63) is 42.3 Å². The molecule has 1 amide bonds. The molecular formula is C14H18N2O3. The first-order valence-corrected chi connectivity index (χ1v) is 6.02. The number of aryl methyl sites for hydroxylation is 1. The summed E-state index contributed by atoms with van der Waals surface area (Å²) in [6.45, 7) is 3.93. The lowest BCUT2D eigenvalue weighted by Gasteiger charge is -2.01. The zero-order valence-electron chi connectivity index (χ0n) is 11.3. The second kappa shape index (κ2) is 7.20. The predicted molar refractivity (Wildman–Crippen MR) is 74.0 cm³/mol. The molecule has 1 rings (SSSR count). The van der Waals surface area contributed by atoms with Crippen LogP contribution in [0.15, 0.2) is 36.6 Å². The van der Waals surface area contributed by atoms with Gasteiger partial charge in [0.1, 0.15) is 5.69 Å². The minimum absolute atomic E-state index is 0.251. The van der Waals surface area contributed by atoms with Gasteiger partial charge in [-0.25, -0.2) is 4.79 Å². The van der Waals surface area contributed by atoms with Gasteiger partial charge in [-0.2, -0.15) is 0 Å². The summed E-state index contributed by atoms with van der Waals surface area (Å²) in [5, 5.41) is 2.67. The number of ether oxygens (including phenoxy) is 1. The monoisotopic (exact) mass is 262 g/mol. The van der Waals surface area contributed by atoms with Crippen LogP contribution in [0.2, 0.25) is 0 Å². The van der Waals surface area contributed by atoms with E-state index in [4.69, 9.17) is 4.74 Å². The number of anilines is 1. The van der Waals surface area contributed by atoms with Gasteiger partial charge in [0, 0.05) is 19.3 Å². The SMILES string of the molecule is C/C=C/C=C\C(=O)Nc1cc(C(=O)OCC)n(C)c1. The number of esters is 1. The van der Waals surface area contributed by atoms with E-state index in [0.29, 0.717) is 18.0 Å². The van der Waals surface area contributed by atoms with Crippen molar-refractivity contribution in [2.45, 2.75) is 13.8 Å². The van der Waals surface area contributed by atoms with E-state index in [9.17, 15) is 9.59 Å². The van der Waals surface area contributed by atoms with Crippen LogP contribution in [-0.4, -0.2) is 23.1 Å². The van der Waals surface area contributed by atoms with E-state index in [1.54, 1.807) is 43.0 Å². The quantitative estimate of drug-likeness (QED) is 0.503. The summed E-state index contributed by atoms with van der Waals surface area (Å²) in [7, 11) is 1.72. The lowest BCUT2D eigenvalue weighted by Crippen LogP contribution is -2.09. The van der Waals surface area contributed by atoms with E-state index < -0.39 is 5.97 Å². The number of nitrogens with one attached hydrogen (secondary N) is 1. The molecule has 102 valence electrons. The first-order chi connectivity index (χ1) is 9.08. The maximum absolute atomic E-state index is 11.6. The van der Waals surface area contributed by atoms with E-state index in [1.807, 2.05) is 13.0 Å². The molecule has 0 radical (unpaired) electrons. The number of carbonyl (C=O) groups is 2. The van der Waals surface area contributed by atoms with E-state index in [-0.39, 0.29) is 5.91 Å². The highest BCUT2D eigenvalue weighted by Gasteiger charge is 2.13. The normalized spacial score (nSPS) is 11.1. The molecule has 0 aromatic carbocycles. The smallest absolute Gasteiger partial charge is 0.355 e. The van der Waals surface area contributed by atoms with Gasteiger partial charge in [0.2, 0.25) is 5.91 Å². The highest BCUT2D eigenvalue weighted by molar-refractivity contribution is 6.00. The first kappa shape index (κ1) is 14.8. The van der Waals surface area contributed by atoms with Gasteiger partial charge < -0.3 is 14.6 Å². The summed E-state index contributed by atoms with van der Waals surface area (Å²) in [6, 6.07) is 1.58. The predicted octanol–water partition coefficient (Wildman–Crippen LogP) is 2.27. The fourth-order valence-electron chi connectivity index (χ4n) is 1.48. The summed E-state index contributed by atoms with van der Waals surface area (Å²) >= 11 is 0. The third-order valence-electron chi connectivity index (χ3n) is 2.31. The molecule has 0 aliphatic rings. The van der Waals surface area contributed by atoms with Gasteiger partial charge in [0.15, 0.2) is 0 Å². The molecule has 1 aromatic rings. The highest BCUT2D eigenvalue weighted by atomic mass is 16.5. The van der Waals surface area contributed by atoms with Crippen LogP contribution in [-0.2, 0) is 16.6 Å². The Morgan fingerprint density at radius 3 is 2.79 bits per heavy atom. The number of carbonyl (C=O) groups excluding carboxylic acids is 2. The average Bonchev–Trinajstić information content (AvgIpc) is 2.71. The topological polar surface area (TPSA) is 60.3 Å². The lowest BCUT2D eigenvalue weighted by atomic mass is 10.4. The van der Waals surface area contributed by atoms with Gasteiger partial charge in [-0.1, -0.05) is 18.2 Å². The van der Waals surface area contributed by atoms with Crippen LogP contribution in [0.4, 0.5) is 5.69 Å². The summed E-state index contributed by atoms with van der Waals surface area (Å²) in [5.74, 6) is -0.658. The van der Waals surface area contributed by atoms with Gasteiger partial charge in [-0.05, 0) is 19.9 Å². The molecule has 5 heteroatoms. The molecule has 0 aliphatic carbocycles. The van der Waals surface area contributed by atoms with Crippen molar-refractivity contribution in [2.75, 3.05) is 11.9 Å². The van der Waals surface area contributed by atoms with Crippen LogP contribution in [0.25, 0.3) is 0 Å². The van der Waals surface area contributed by atoms with Crippen molar-refractivity contribution in [1.29, 1.82) is 0 Å². The number of allylic oxidation sites excluding steroid dienone is 3. The molecule has 0 bridgehead atoms. The fourth-order valence-corrected chi connectivity index (χ4v) is 1.48. The van der Waals surface area contributed by atoms with Crippen molar-refractivity contribution in [1.82, 2.24) is 4.57 Å². The number of hydrogen-bond donors (Lipinski definition) is 1. The Morgan fingerprint density at radius 2 is 2.16 bits per heavy atom. The van der Waals surface area contributed by atoms with Gasteiger partial charge in [0.05, 0.1) is 12.3 Å². The molecule has 0 spiro atoms. The van der Waals surface area contributed by atoms with E-state index in [0.717, 1.165) is 0 Å². The Balaban J connectivity index is 2.73. The van der Waals surface area contributed by atoms with Crippen LogP contribution >= 0.6 is 0 Å². The van der Waals surface area contributed by atoms with E-state index in [2.05, 4.69) is 5.32 Å². The molecule has 0 fully saturated rings. The number of amides is 1. The maximum atomic E-state index is 11.6. The van der Waals surface area contributed by atoms with Gasteiger partial charge in [-0.15, -0.1) is 0 Å². The zero-order valence-corrected chi connectivity index (χ0v) is 11.3. The molecule has 19 heavy (non-hydrogen) atoms. The molecule has 0 unspecified atom stereocenters. The molecule has 0 aliphatic heterocycles. The van der Waals surface area contributed by atoms with Gasteiger partial charge in [0.25, 0.3) is 0 Å². The fraction of sp³-hybridized carbons (Fsp3) is 0.286. The molecule has 1 aromatic heterocycles. The van der Waals surface area contributed by atoms with Crippen molar-refractivity contribution in [3.8, 4) is 0 Å². The zero-order chi connectivity index (χ0) is 14.3. The van der Waals surface area contributed by atoms with Gasteiger partial charge in [-0.3, -0.25) is 4.79 Å². The molecule has 0 saturated carbocycles. The molecule has 1 heterocycles. The Kier molecular flexibility index (Phi) is 5.60. The van der Waals surface area contributed by atoms with Crippen LogP contribution in [0.1, 0.15) is 24.3 Å². The number of hydrogen-bond acceptors (Lipinski definition) is 3. The lowest BCUT2D eigenvalue weighted by molar-refractivity contribution is -0.111. The molecular weight excluding hydrogens is 244 g/mol. The first-order valence-electron chi connectivity index (χ1n) is 6.02. The van der Waals surface area contributed by atoms with Crippen LogP contribution < -0.4 is 5.32 Å². The van der Waals surface area contributed by atoms with Gasteiger partial charge >= 0.3 is 5.97 Å². The summed E-state index contributed by atoms with van der Waals surface area (Å²) in [6.07, 6.45) is 8.30. The maximum Gasteiger partial charge on any atom is 0.355 e. The van der Waals surface area contributed by atoms with Crippen molar-refractivity contribution in [2.24, 2.45) is 7.05 Å². The second-order valence-electron chi connectivity index (χ2n) is 3.82. The van der Waals surface area contributed by atoms with E-state index >= 15 is 0 Å². The van der Waals surface area contributed by atoms with E-state index in [1.165, 1.54) is 6.08 Å². The second-order valence-corrected chi connectivity index (χ2v) is 3.82. The van der Waals surface area contributed by atoms with Crippen LogP contribution in [0.5, 0.6) is 0 Å². The molecule has 0 saturated heterocycles. The summed E-state index contributed by atoms with van der Waals surface area (Å²) < 4.78 is 6.53. The minimum Gasteiger partial charge on any atom is -0.461 e. The van der Waals surface area contributed by atoms with Crippen molar-refractivity contribution in [3.63, 3.8) is 0 Å². The molecule has 0 atom stereocenters. The molecule has 1 N–H and O–H groups in total. The largest absolute Gasteiger partial charge is 0.461 e. The van der Waals surface area contributed by atoms with Crippen molar-refractivity contribution >= 4 is 17.6 Å². The Hall–Kier alpha value is -2.30. The average molecular weight is 262 g/mol. The number of nitrogens with zero attached hydrogens (tertiary/aromatic N) is 1.